The van der Waals surface area contributed by atoms with Crippen LogP contribution < -0.4 is 9.47 Å². The lowest BCUT2D eigenvalue weighted by molar-refractivity contribution is 0.134. The Bertz CT molecular complexity index is 624. The molecule has 1 atom stereocenters. The molecule has 0 fully saturated rings. The summed E-state index contributed by atoms with van der Waals surface area (Å²) in [6, 6.07) is 3.09. The Morgan fingerprint density at radius 3 is 2.58 bits per heavy atom. The smallest absolute Gasteiger partial charge is 0.218 e. The normalized spacial score (nSPS) is 22.1. The van der Waals surface area contributed by atoms with Crippen LogP contribution in [0.5, 0.6) is 11.5 Å². The molecule has 2 aliphatic rings. The van der Waals surface area contributed by atoms with Crippen molar-refractivity contribution in [1.82, 2.24) is 0 Å². The van der Waals surface area contributed by atoms with Gasteiger partial charge in [-0.2, -0.15) is 0 Å². The van der Waals surface area contributed by atoms with Gasteiger partial charge in [0.15, 0.2) is 23.4 Å². The number of rotatable bonds is 0. The molecule has 19 heavy (non-hydrogen) atoms. The maximum atomic E-state index is 9.69. The molecule has 0 saturated carbocycles. The molecular weight excluding hydrogens is 334 g/mol. The third-order valence-corrected chi connectivity index (χ3v) is 3.81. The number of hydrogen-bond donors (Lipinski definition) is 1. The molecule has 1 heterocycles. The minimum atomic E-state index is -0.758. The molecule has 0 spiro atoms. The van der Waals surface area contributed by atoms with Gasteiger partial charge in [-0.3, -0.25) is 0 Å². The molecule has 7 heteroatoms. The van der Waals surface area contributed by atoms with Crippen LogP contribution in [-0.4, -0.2) is 11.2 Å². The van der Waals surface area contributed by atoms with Crippen molar-refractivity contribution in [3.05, 3.63) is 50.2 Å². The highest BCUT2D eigenvalue weighted by Crippen LogP contribution is 2.48. The zero-order chi connectivity index (χ0) is 13.7. The number of ether oxygens (including phenoxy) is 2. The van der Waals surface area contributed by atoms with Gasteiger partial charge < -0.3 is 14.6 Å². The predicted octanol–water partition coefficient (Wildman–Crippen LogP) is 4.81. The zero-order valence-electron chi connectivity index (χ0n) is 9.08. The second-order valence-electron chi connectivity index (χ2n) is 3.91. The van der Waals surface area contributed by atoms with Gasteiger partial charge in [0.05, 0.1) is 10.1 Å². The maximum Gasteiger partial charge on any atom is 0.218 e. The van der Waals surface area contributed by atoms with Crippen LogP contribution in [0.3, 0.4) is 0 Å². The Balaban J connectivity index is 2.08. The van der Waals surface area contributed by atoms with E-state index in [9.17, 15) is 5.11 Å². The molecule has 0 amide bonds. The summed E-state index contributed by atoms with van der Waals surface area (Å²) in [6.45, 7) is 0. The summed E-state index contributed by atoms with van der Waals surface area (Å²) >= 11 is 23.7. The summed E-state index contributed by atoms with van der Waals surface area (Å²) in [4.78, 5) is 0. The van der Waals surface area contributed by atoms with E-state index in [1.165, 1.54) is 12.1 Å². The highest BCUT2D eigenvalue weighted by Gasteiger charge is 2.40. The van der Waals surface area contributed by atoms with Gasteiger partial charge in [0.25, 0.3) is 0 Å². The minimum absolute atomic E-state index is 0.0456. The van der Waals surface area contributed by atoms with E-state index >= 15 is 0 Å². The predicted molar refractivity (Wildman–Crippen MR) is 74.2 cm³/mol. The average molecular weight is 339 g/mol. The van der Waals surface area contributed by atoms with Crippen molar-refractivity contribution in [3.8, 4) is 11.5 Å². The first-order valence-corrected chi connectivity index (χ1v) is 6.65. The summed E-state index contributed by atoms with van der Waals surface area (Å²) in [5.41, 5.74) is 0. The molecule has 1 unspecified atom stereocenters. The van der Waals surface area contributed by atoms with Crippen LogP contribution in [0.4, 0.5) is 0 Å². The first-order chi connectivity index (χ1) is 8.97. The van der Waals surface area contributed by atoms with Gasteiger partial charge in [-0.05, 0) is 12.1 Å². The number of aliphatic hydroxyl groups excluding tert-OH is 1. The molecular formula is C12H5Cl4O3. The van der Waals surface area contributed by atoms with E-state index in [2.05, 4.69) is 0 Å². The van der Waals surface area contributed by atoms with Crippen molar-refractivity contribution in [2.45, 2.75) is 6.10 Å². The fourth-order valence-electron chi connectivity index (χ4n) is 1.79. The molecule has 0 aromatic heterocycles. The number of aliphatic hydroxyl groups is 1. The lowest BCUT2D eigenvalue weighted by Crippen LogP contribution is -2.35. The third kappa shape index (κ3) is 2.15. The van der Waals surface area contributed by atoms with Gasteiger partial charge in [-0.25, -0.2) is 0 Å². The average Bonchev–Trinajstić information content (AvgIpc) is 2.35. The highest BCUT2D eigenvalue weighted by molar-refractivity contribution is 6.37. The van der Waals surface area contributed by atoms with Gasteiger partial charge in [-0.15, -0.1) is 0 Å². The number of fused-ring (bicyclic) bond motifs is 2. The van der Waals surface area contributed by atoms with Gasteiger partial charge in [0.1, 0.15) is 5.03 Å². The molecule has 1 N–H and O–H groups in total. The van der Waals surface area contributed by atoms with Crippen molar-refractivity contribution < 1.29 is 14.6 Å². The van der Waals surface area contributed by atoms with E-state index in [0.29, 0.717) is 27.6 Å². The van der Waals surface area contributed by atoms with Crippen LogP contribution in [0.25, 0.3) is 0 Å². The van der Waals surface area contributed by atoms with Crippen LogP contribution >= 0.6 is 46.4 Å². The number of halogens is 4. The van der Waals surface area contributed by atoms with Crippen LogP contribution in [0, 0.1) is 6.10 Å². The summed E-state index contributed by atoms with van der Waals surface area (Å²) in [7, 11) is 0. The summed E-state index contributed by atoms with van der Waals surface area (Å²) in [5, 5.41) is 10.5. The van der Waals surface area contributed by atoms with Gasteiger partial charge in [-0.1, -0.05) is 46.4 Å². The monoisotopic (exact) mass is 337 g/mol. The third-order valence-electron chi connectivity index (χ3n) is 2.65. The molecule has 1 aromatic rings. The Kier molecular flexibility index (Phi) is 3.26. The fraction of sp³-hybridized carbons (Fsp3) is 0.0833. The second kappa shape index (κ2) is 4.67. The molecule has 1 aliphatic heterocycles. The fourth-order valence-corrected chi connectivity index (χ4v) is 2.82. The van der Waals surface area contributed by atoms with Crippen LogP contribution in [0.15, 0.2) is 34.0 Å². The van der Waals surface area contributed by atoms with E-state index in [0.717, 1.165) is 0 Å². The van der Waals surface area contributed by atoms with Gasteiger partial charge in [0, 0.05) is 11.1 Å². The Morgan fingerprint density at radius 1 is 1.11 bits per heavy atom. The van der Waals surface area contributed by atoms with Gasteiger partial charge >= 0.3 is 0 Å². The van der Waals surface area contributed by atoms with Crippen molar-refractivity contribution in [2.75, 3.05) is 0 Å². The van der Waals surface area contributed by atoms with Gasteiger partial charge in [0.2, 0.25) is 6.10 Å². The maximum absolute atomic E-state index is 9.69. The summed E-state index contributed by atoms with van der Waals surface area (Å²) < 4.78 is 11.3. The quantitative estimate of drug-likeness (QED) is 0.737. The number of hydrogen-bond acceptors (Lipinski definition) is 3. The Labute approximate surface area is 128 Å². The van der Waals surface area contributed by atoms with Crippen molar-refractivity contribution in [3.63, 3.8) is 0 Å². The van der Waals surface area contributed by atoms with E-state index in [-0.39, 0.29) is 15.8 Å². The largest absolute Gasteiger partial charge is 0.505 e. The van der Waals surface area contributed by atoms with Crippen molar-refractivity contribution in [2.24, 2.45) is 0 Å². The highest BCUT2D eigenvalue weighted by atomic mass is 35.5. The zero-order valence-corrected chi connectivity index (χ0v) is 12.1. The Hall–Kier alpha value is -0.740. The van der Waals surface area contributed by atoms with Crippen LogP contribution in [-0.2, 0) is 0 Å². The summed E-state index contributed by atoms with van der Waals surface area (Å²) in [6.07, 6.45) is 1.03. The second-order valence-corrected chi connectivity index (χ2v) is 5.56. The molecule has 1 radical (unpaired) electrons. The summed E-state index contributed by atoms with van der Waals surface area (Å²) in [5.74, 6) is 0.449. The molecule has 1 aromatic carbocycles. The standard InChI is InChI=1S/C12H5Cl4O3/c13-4-1-6(15)11-7(2-4)19-12-8(18-11)3-5(14)10(17)9(12)16/h1-3,12,17H. The van der Waals surface area contributed by atoms with E-state index in [1.807, 2.05) is 0 Å². The van der Waals surface area contributed by atoms with E-state index in [1.54, 1.807) is 6.07 Å². The Morgan fingerprint density at radius 2 is 1.84 bits per heavy atom. The SMILES string of the molecule is OC1=C(Cl)C2Oc3cc(Cl)cc(Cl)c3O[C]2C=C1Cl. The first kappa shape index (κ1) is 13.3. The molecule has 1 aliphatic carbocycles. The van der Waals surface area contributed by atoms with E-state index in [4.69, 9.17) is 55.9 Å². The first-order valence-electron chi connectivity index (χ1n) is 5.14. The number of allylic oxidation sites excluding steroid dienone is 1. The minimum Gasteiger partial charge on any atom is -0.505 e. The van der Waals surface area contributed by atoms with E-state index < -0.39 is 6.10 Å². The molecule has 3 rings (SSSR count). The molecule has 0 saturated heterocycles. The molecule has 3 nitrogen and oxygen atoms in total. The van der Waals surface area contributed by atoms with Crippen LogP contribution in [0.2, 0.25) is 10.0 Å². The molecule has 99 valence electrons. The lowest BCUT2D eigenvalue weighted by atomic mass is 10.0. The lowest BCUT2D eigenvalue weighted by Gasteiger charge is -2.33. The molecule has 0 bridgehead atoms. The van der Waals surface area contributed by atoms with Crippen molar-refractivity contribution >= 4 is 46.4 Å². The van der Waals surface area contributed by atoms with Crippen LogP contribution in [0.1, 0.15) is 0 Å². The van der Waals surface area contributed by atoms with Crippen molar-refractivity contribution in [1.29, 1.82) is 0 Å². The number of benzene rings is 1. The topological polar surface area (TPSA) is 38.7 Å².